The number of hydrogen-bond donors (Lipinski definition) is 2. The Morgan fingerprint density at radius 2 is 2.11 bits per heavy atom. The van der Waals surface area contributed by atoms with Gasteiger partial charge in [0, 0.05) is 13.5 Å². The molecule has 0 saturated heterocycles. The van der Waals surface area contributed by atoms with Crippen molar-refractivity contribution in [2.45, 2.75) is 37.8 Å². The summed E-state index contributed by atoms with van der Waals surface area (Å²) >= 11 is 0. The van der Waals surface area contributed by atoms with Crippen LogP contribution in [0.1, 0.15) is 26.2 Å². The number of nitrogens with one attached hydrogen (secondary N) is 1. The van der Waals surface area contributed by atoms with Gasteiger partial charge in [-0.05, 0) is 19.4 Å². The Bertz CT molecular complexity index is 274. The summed E-state index contributed by atoms with van der Waals surface area (Å²) in [5, 5.41) is 12.4. The molecule has 6 nitrogen and oxygen atoms in total. The van der Waals surface area contributed by atoms with E-state index in [9.17, 15) is 9.90 Å². The number of likely N-dealkylation sites (N-methyl/N-ethyl adjacent to an activating group) is 1. The van der Waals surface area contributed by atoms with Crippen LogP contribution in [0, 0.1) is 0 Å². The normalized spacial score (nSPS) is 26.7. The molecule has 0 aromatic heterocycles. The van der Waals surface area contributed by atoms with Gasteiger partial charge in [-0.3, -0.25) is 4.79 Å². The zero-order valence-corrected chi connectivity index (χ0v) is 11.8. The lowest BCUT2D eigenvalue weighted by Gasteiger charge is -2.25. The highest BCUT2D eigenvalue weighted by molar-refractivity contribution is 5.79. The van der Waals surface area contributed by atoms with E-state index >= 15 is 0 Å². The first-order chi connectivity index (χ1) is 9.14. The maximum Gasteiger partial charge on any atom is 0.323 e. The summed E-state index contributed by atoms with van der Waals surface area (Å²) in [5.74, 6) is -0.781. The van der Waals surface area contributed by atoms with Crippen molar-refractivity contribution in [1.29, 1.82) is 0 Å². The number of aliphatic carboxylic acids is 1. The number of carbonyl (C=O) groups is 1. The minimum atomic E-state index is -0.809. The number of rotatable bonds is 10. The summed E-state index contributed by atoms with van der Waals surface area (Å²) in [6.45, 7) is 4.71. The van der Waals surface area contributed by atoms with E-state index < -0.39 is 11.5 Å². The monoisotopic (exact) mass is 275 g/mol. The van der Waals surface area contributed by atoms with Crippen molar-refractivity contribution in [2.75, 3.05) is 40.1 Å². The molecule has 0 aromatic carbocycles. The van der Waals surface area contributed by atoms with E-state index in [0.717, 1.165) is 6.42 Å². The Morgan fingerprint density at radius 3 is 2.74 bits per heavy atom. The topological polar surface area (TPSA) is 77.0 Å². The van der Waals surface area contributed by atoms with Crippen molar-refractivity contribution < 1.29 is 24.1 Å². The number of carboxylic acid groups (broad SMARTS) is 1. The zero-order valence-electron chi connectivity index (χ0n) is 11.8. The van der Waals surface area contributed by atoms with Crippen LogP contribution in [0.5, 0.6) is 0 Å². The molecule has 1 aliphatic rings. The molecule has 0 amide bonds. The van der Waals surface area contributed by atoms with Gasteiger partial charge in [-0.1, -0.05) is 6.92 Å². The molecule has 1 saturated carbocycles. The Morgan fingerprint density at radius 1 is 1.37 bits per heavy atom. The van der Waals surface area contributed by atoms with Gasteiger partial charge < -0.3 is 24.6 Å². The fourth-order valence-corrected chi connectivity index (χ4v) is 2.43. The molecule has 1 rings (SSSR count). The molecule has 2 unspecified atom stereocenters. The Kier molecular flexibility index (Phi) is 7.30. The third-order valence-electron chi connectivity index (χ3n) is 3.41. The van der Waals surface area contributed by atoms with Gasteiger partial charge in [0.05, 0.1) is 32.5 Å². The van der Waals surface area contributed by atoms with Crippen molar-refractivity contribution in [3.05, 3.63) is 0 Å². The summed E-state index contributed by atoms with van der Waals surface area (Å²) in [6, 6.07) is 0. The average Bonchev–Trinajstić information content (AvgIpc) is 2.79. The van der Waals surface area contributed by atoms with E-state index in [1.165, 1.54) is 0 Å². The number of carboxylic acids is 1. The second-order valence-electron chi connectivity index (χ2n) is 4.76. The van der Waals surface area contributed by atoms with Crippen LogP contribution in [0.15, 0.2) is 0 Å². The highest BCUT2D eigenvalue weighted by atomic mass is 16.5. The number of ether oxygens (including phenoxy) is 3. The first-order valence-electron chi connectivity index (χ1n) is 6.81. The Balaban J connectivity index is 2.21. The highest BCUT2D eigenvalue weighted by Gasteiger charge is 2.45. The molecular weight excluding hydrogens is 250 g/mol. The van der Waals surface area contributed by atoms with Crippen LogP contribution in [0.4, 0.5) is 0 Å². The fourth-order valence-electron chi connectivity index (χ4n) is 2.43. The Hall–Kier alpha value is -0.690. The van der Waals surface area contributed by atoms with Gasteiger partial charge in [0.2, 0.25) is 0 Å². The second-order valence-corrected chi connectivity index (χ2v) is 4.76. The van der Waals surface area contributed by atoms with E-state index in [1.54, 1.807) is 7.11 Å². The van der Waals surface area contributed by atoms with Crippen LogP contribution in [-0.4, -0.2) is 62.8 Å². The molecule has 0 aromatic rings. The van der Waals surface area contributed by atoms with E-state index in [4.69, 9.17) is 14.2 Å². The summed E-state index contributed by atoms with van der Waals surface area (Å²) in [4.78, 5) is 11.4. The zero-order chi connectivity index (χ0) is 14.1. The van der Waals surface area contributed by atoms with Gasteiger partial charge in [-0.25, -0.2) is 0 Å². The summed E-state index contributed by atoms with van der Waals surface area (Å²) in [7, 11) is 1.63. The van der Waals surface area contributed by atoms with Gasteiger partial charge in [0.15, 0.2) is 0 Å². The Labute approximate surface area is 114 Å². The lowest BCUT2D eigenvalue weighted by Crippen LogP contribution is -2.50. The molecule has 6 heteroatoms. The molecule has 0 radical (unpaired) electrons. The van der Waals surface area contributed by atoms with Gasteiger partial charge in [0.25, 0.3) is 0 Å². The summed E-state index contributed by atoms with van der Waals surface area (Å²) < 4.78 is 15.8. The van der Waals surface area contributed by atoms with Gasteiger partial charge in [-0.2, -0.15) is 0 Å². The molecule has 1 fully saturated rings. The lowest BCUT2D eigenvalue weighted by atomic mass is 9.98. The second kappa shape index (κ2) is 8.47. The molecule has 2 N–H and O–H groups in total. The fraction of sp³-hybridized carbons (Fsp3) is 0.923. The van der Waals surface area contributed by atoms with Crippen LogP contribution in [0.2, 0.25) is 0 Å². The molecule has 112 valence electrons. The number of methoxy groups -OCH3 is 1. The van der Waals surface area contributed by atoms with Crippen LogP contribution >= 0.6 is 0 Å². The average molecular weight is 275 g/mol. The van der Waals surface area contributed by atoms with Crippen molar-refractivity contribution in [2.24, 2.45) is 0 Å². The first-order valence-corrected chi connectivity index (χ1v) is 6.81. The molecule has 1 aliphatic carbocycles. The smallest absolute Gasteiger partial charge is 0.323 e. The van der Waals surface area contributed by atoms with Gasteiger partial charge in [0.1, 0.15) is 5.54 Å². The van der Waals surface area contributed by atoms with Crippen molar-refractivity contribution in [3.8, 4) is 0 Å². The molecule has 19 heavy (non-hydrogen) atoms. The van der Waals surface area contributed by atoms with Crippen LogP contribution in [0.3, 0.4) is 0 Å². The van der Waals surface area contributed by atoms with E-state index in [-0.39, 0.29) is 6.10 Å². The standard InChI is InChI=1S/C13H25NO5/c1-3-14-13(12(15)16)5-4-11(10-13)19-9-8-18-7-6-17-2/h11,14H,3-10H2,1-2H3,(H,15,16). The quantitative estimate of drug-likeness (QED) is 0.570. The van der Waals surface area contributed by atoms with E-state index in [2.05, 4.69) is 5.32 Å². The minimum Gasteiger partial charge on any atom is -0.480 e. The molecule has 2 atom stereocenters. The highest BCUT2D eigenvalue weighted by Crippen LogP contribution is 2.32. The minimum absolute atomic E-state index is 0.00109. The van der Waals surface area contributed by atoms with Gasteiger partial charge >= 0.3 is 5.97 Å². The summed E-state index contributed by atoms with van der Waals surface area (Å²) in [6.07, 6.45) is 1.91. The van der Waals surface area contributed by atoms with Gasteiger partial charge in [-0.15, -0.1) is 0 Å². The van der Waals surface area contributed by atoms with E-state index in [1.807, 2.05) is 6.92 Å². The SMILES string of the molecule is CCNC1(C(=O)O)CCC(OCCOCCOC)C1. The predicted molar refractivity (Wildman–Crippen MR) is 70.3 cm³/mol. The van der Waals surface area contributed by atoms with Crippen LogP contribution in [-0.2, 0) is 19.0 Å². The maximum atomic E-state index is 11.4. The summed E-state index contributed by atoms with van der Waals surface area (Å²) in [5.41, 5.74) is -0.809. The van der Waals surface area contributed by atoms with E-state index in [0.29, 0.717) is 45.8 Å². The molecular formula is C13H25NO5. The first kappa shape index (κ1) is 16.4. The maximum absolute atomic E-state index is 11.4. The van der Waals surface area contributed by atoms with Crippen molar-refractivity contribution in [1.82, 2.24) is 5.32 Å². The predicted octanol–water partition coefficient (Wildman–Crippen LogP) is 0.651. The molecule has 0 bridgehead atoms. The van der Waals surface area contributed by atoms with Crippen molar-refractivity contribution >= 4 is 5.97 Å². The third kappa shape index (κ3) is 5.06. The molecule has 0 aliphatic heterocycles. The van der Waals surface area contributed by atoms with Crippen LogP contribution < -0.4 is 5.32 Å². The van der Waals surface area contributed by atoms with Crippen LogP contribution in [0.25, 0.3) is 0 Å². The largest absolute Gasteiger partial charge is 0.480 e. The lowest BCUT2D eigenvalue weighted by molar-refractivity contribution is -0.145. The third-order valence-corrected chi connectivity index (χ3v) is 3.41. The van der Waals surface area contributed by atoms with Crippen molar-refractivity contribution in [3.63, 3.8) is 0 Å². The number of hydrogen-bond acceptors (Lipinski definition) is 5. The molecule has 0 spiro atoms. The molecule has 0 heterocycles.